The van der Waals surface area contributed by atoms with Crippen LogP contribution in [0.15, 0.2) is 23.0 Å². The van der Waals surface area contributed by atoms with Crippen LogP contribution in [-0.2, 0) is 16.0 Å². The molecular formula is C12H14ClN3O3. The number of ether oxygens (including phenoxy) is 2. The van der Waals surface area contributed by atoms with Gasteiger partial charge in [-0.15, -0.1) is 0 Å². The van der Waals surface area contributed by atoms with Gasteiger partial charge in [-0.3, -0.25) is 9.36 Å². The van der Waals surface area contributed by atoms with Gasteiger partial charge in [-0.05, 0) is 18.2 Å². The van der Waals surface area contributed by atoms with Gasteiger partial charge in [0.05, 0.1) is 17.4 Å². The van der Waals surface area contributed by atoms with Crippen molar-refractivity contribution in [2.24, 2.45) is 0 Å². The summed E-state index contributed by atoms with van der Waals surface area (Å²) in [5, 5.41) is 0.880. The van der Waals surface area contributed by atoms with E-state index in [1.165, 1.54) is 18.8 Å². The molecule has 7 heteroatoms. The van der Waals surface area contributed by atoms with Crippen LogP contribution in [0.5, 0.6) is 0 Å². The van der Waals surface area contributed by atoms with Gasteiger partial charge in [0, 0.05) is 19.2 Å². The lowest BCUT2D eigenvalue weighted by Crippen LogP contribution is -2.31. The fraction of sp³-hybridized carbons (Fsp3) is 0.333. The number of fused-ring (bicyclic) bond motifs is 1. The van der Waals surface area contributed by atoms with Crippen molar-refractivity contribution >= 4 is 28.5 Å². The number of rotatable bonds is 4. The van der Waals surface area contributed by atoms with Crippen LogP contribution in [0.1, 0.15) is 0 Å². The van der Waals surface area contributed by atoms with Crippen molar-refractivity contribution in [1.82, 2.24) is 9.55 Å². The second-order valence-corrected chi connectivity index (χ2v) is 4.38. The first-order valence-electron chi connectivity index (χ1n) is 5.58. The van der Waals surface area contributed by atoms with Crippen LogP contribution in [0.25, 0.3) is 10.9 Å². The molecule has 0 aliphatic heterocycles. The molecule has 1 aromatic carbocycles. The van der Waals surface area contributed by atoms with E-state index in [4.69, 9.17) is 26.8 Å². The average molecular weight is 284 g/mol. The van der Waals surface area contributed by atoms with Crippen molar-refractivity contribution in [2.75, 3.05) is 20.0 Å². The topological polar surface area (TPSA) is 79.4 Å². The Morgan fingerprint density at radius 3 is 2.74 bits per heavy atom. The highest BCUT2D eigenvalue weighted by Crippen LogP contribution is 2.16. The molecular weight excluding hydrogens is 270 g/mol. The maximum atomic E-state index is 12.3. The SMILES string of the molecule is COC(Cn1c(N)nc2ccc(Cl)cc2c1=O)OC. The minimum atomic E-state index is -0.571. The lowest BCUT2D eigenvalue weighted by Gasteiger charge is -2.16. The average Bonchev–Trinajstić information content (AvgIpc) is 2.40. The largest absolute Gasteiger partial charge is 0.369 e. The van der Waals surface area contributed by atoms with Crippen molar-refractivity contribution in [1.29, 1.82) is 0 Å². The zero-order valence-corrected chi connectivity index (χ0v) is 11.3. The molecule has 0 aliphatic rings. The van der Waals surface area contributed by atoms with E-state index in [1.54, 1.807) is 18.2 Å². The molecule has 0 saturated heterocycles. The summed E-state index contributed by atoms with van der Waals surface area (Å²) < 4.78 is 11.4. The van der Waals surface area contributed by atoms with Crippen molar-refractivity contribution in [2.45, 2.75) is 12.8 Å². The van der Waals surface area contributed by atoms with Crippen molar-refractivity contribution < 1.29 is 9.47 Å². The Balaban J connectivity index is 2.58. The molecule has 0 unspecified atom stereocenters. The van der Waals surface area contributed by atoms with Crippen LogP contribution in [0.2, 0.25) is 5.02 Å². The van der Waals surface area contributed by atoms with Gasteiger partial charge >= 0.3 is 0 Å². The minimum absolute atomic E-state index is 0.110. The van der Waals surface area contributed by atoms with E-state index in [1.807, 2.05) is 0 Å². The van der Waals surface area contributed by atoms with Gasteiger partial charge in [0.1, 0.15) is 0 Å². The van der Waals surface area contributed by atoms with Gasteiger partial charge in [-0.2, -0.15) is 0 Å². The van der Waals surface area contributed by atoms with E-state index >= 15 is 0 Å². The van der Waals surface area contributed by atoms with Crippen LogP contribution < -0.4 is 11.3 Å². The molecule has 0 radical (unpaired) electrons. The molecule has 0 fully saturated rings. The molecule has 6 nitrogen and oxygen atoms in total. The van der Waals surface area contributed by atoms with Gasteiger partial charge in [0.2, 0.25) is 5.95 Å². The van der Waals surface area contributed by atoms with Gasteiger partial charge in [-0.25, -0.2) is 4.98 Å². The molecule has 2 N–H and O–H groups in total. The second kappa shape index (κ2) is 5.56. The number of halogens is 1. The third-order valence-electron chi connectivity index (χ3n) is 2.80. The number of hydrogen-bond acceptors (Lipinski definition) is 5. The molecule has 102 valence electrons. The Kier molecular flexibility index (Phi) is 4.04. The van der Waals surface area contributed by atoms with Crippen molar-refractivity contribution in [3.8, 4) is 0 Å². The number of nitrogen functional groups attached to an aromatic ring is 1. The first-order chi connectivity index (χ1) is 9.06. The van der Waals surface area contributed by atoms with Gasteiger partial charge in [-0.1, -0.05) is 11.6 Å². The number of nitrogens with two attached hydrogens (primary N) is 1. The third-order valence-corrected chi connectivity index (χ3v) is 3.04. The Morgan fingerprint density at radius 1 is 1.42 bits per heavy atom. The maximum absolute atomic E-state index is 12.3. The normalized spacial score (nSPS) is 11.4. The smallest absolute Gasteiger partial charge is 0.262 e. The van der Waals surface area contributed by atoms with E-state index in [-0.39, 0.29) is 18.1 Å². The predicted octanol–water partition coefficient (Wildman–Crippen LogP) is 1.25. The number of nitrogens with zero attached hydrogens (tertiary/aromatic N) is 2. The minimum Gasteiger partial charge on any atom is -0.369 e. The lowest BCUT2D eigenvalue weighted by atomic mass is 10.2. The maximum Gasteiger partial charge on any atom is 0.262 e. The Bertz CT molecular complexity index is 652. The number of aromatic nitrogens is 2. The molecule has 1 heterocycles. The first kappa shape index (κ1) is 13.8. The van der Waals surface area contributed by atoms with Crippen LogP contribution in [0.4, 0.5) is 5.95 Å². The molecule has 0 aliphatic carbocycles. The number of methoxy groups -OCH3 is 2. The second-order valence-electron chi connectivity index (χ2n) is 3.95. The fourth-order valence-corrected chi connectivity index (χ4v) is 1.95. The van der Waals surface area contributed by atoms with Gasteiger partial charge < -0.3 is 15.2 Å². The van der Waals surface area contributed by atoms with E-state index in [2.05, 4.69) is 4.98 Å². The zero-order chi connectivity index (χ0) is 14.0. The molecule has 2 rings (SSSR count). The lowest BCUT2D eigenvalue weighted by molar-refractivity contribution is -0.111. The predicted molar refractivity (Wildman–Crippen MR) is 73.2 cm³/mol. The van der Waals surface area contributed by atoms with Crippen molar-refractivity contribution in [3.63, 3.8) is 0 Å². The Hall–Kier alpha value is -1.63. The molecule has 0 saturated carbocycles. The highest BCUT2D eigenvalue weighted by atomic mass is 35.5. The molecule has 1 aromatic heterocycles. The van der Waals surface area contributed by atoms with Crippen LogP contribution in [0.3, 0.4) is 0 Å². The highest BCUT2D eigenvalue weighted by Gasteiger charge is 2.13. The number of hydrogen-bond donors (Lipinski definition) is 1. The number of anilines is 1. The summed E-state index contributed by atoms with van der Waals surface area (Å²) in [6.07, 6.45) is -0.571. The first-order valence-corrected chi connectivity index (χ1v) is 5.95. The monoisotopic (exact) mass is 283 g/mol. The summed E-state index contributed by atoms with van der Waals surface area (Å²) >= 11 is 5.89. The Morgan fingerprint density at radius 2 is 2.11 bits per heavy atom. The van der Waals surface area contributed by atoms with E-state index < -0.39 is 6.29 Å². The van der Waals surface area contributed by atoms with E-state index in [0.717, 1.165) is 0 Å². The fourth-order valence-electron chi connectivity index (χ4n) is 1.78. The van der Waals surface area contributed by atoms with Crippen LogP contribution >= 0.6 is 11.6 Å². The summed E-state index contributed by atoms with van der Waals surface area (Å²) in [6.45, 7) is 0.160. The standard InChI is InChI=1S/C12H14ClN3O3/c1-18-10(19-2)6-16-11(17)8-5-7(13)3-4-9(8)15-12(16)14/h3-5,10H,6H2,1-2H3,(H2,14,15). The summed E-state index contributed by atoms with van der Waals surface area (Å²) in [6, 6.07) is 4.88. The molecule has 19 heavy (non-hydrogen) atoms. The summed E-state index contributed by atoms with van der Waals surface area (Å²) in [5.41, 5.74) is 6.03. The Labute approximate surface area is 114 Å². The van der Waals surface area contributed by atoms with E-state index in [0.29, 0.717) is 15.9 Å². The number of benzene rings is 1. The molecule has 0 amide bonds. The molecule has 0 atom stereocenters. The van der Waals surface area contributed by atoms with E-state index in [9.17, 15) is 4.79 Å². The molecule has 0 spiro atoms. The zero-order valence-electron chi connectivity index (χ0n) is 10.6. The molecule has 0 bridgehead atoms. The molecule has 2 aromatic rings. The third kappa shape index (κ3) is 2.70. The quantitative estimate of drug-likeness (QED) is 0.854. The van der Waals surface area contributed by atoms with Crippen molar-refractivity contribution in [3.05, 3.63) is 33.6 Å². The van der Waals surface area contributed by atoms with Gasteiger partial charge in [0.15, 0.2) is 6.29 Å². The van der Waals surface area contributed by atoms with Crippen LogP contribution in [0, 0.1) is 0 Å². The summed E-state index contributed by atoms with van der Waals surface area (Å²) in [4.78, 5) is 16.5. The highest BCUT2D eigenvalue weighted by molar-refractivity contribution is 6.31. The van der Waals surface area contributed by atoms with Gasteiger partial charge in [0.25, 0.3) is 5.56 Å². The van der Waals surface area contributed by atoms with Crippen LogP contribution in [-0.4, -0.2) is 30.1 Å². The summed E-state index contributed by atoms with van der Waals surface area (Å²) in [7, 11) is 2.97. The summed E-state index contributed by atoms with van der Waals surface area (Å²) in [5.74, 6) is 0.110.